The molecule has 0 aliphatic rings. The third-order valence-corrected chi connectivity index (χ3v) is 4.62. The van der Waals surface area contributed by atoms with Crippen LogP contribution >= 0.6 is 0 Å². The number of nitrogen functional groups attached to an aromatic ring is 1. The van der Waals surface area contributed by atoms with Gasteiger partial charge in [0.05, 0.1) is 12.6 Å². The normalized spacial score (nSPS) is 12.1. The van der Waals surface area contributed by atoms with E-state index in [1.807, 2.05) is 0 Å². The lowest BCUT2D eigenvalue weighted by Crippen LogP contribution is -2.37. The molecule has 0 unspecified atom stereocenters. The summed E-state index contributed by atoms with van der Waals surface area (Å²) in [5.41, 5.74) is 6.75. The third kappa shape index (κ3) is 2.67. The molecule has 27 heavy (non-hydrogen) atoms. The fourth-order valence-electron chi connectivity index (χ4n) is 3.12. The quantitative estimate of drug-likeness (QED) is 0.474. The van der Waals surface area contributed by atoms with Crippen LogP contribution in [0.15, 0.2) is 28.5 Å². The number of fused-ring (bicyclic) bond motifs is 2. The molecule has 0 aliphatic heterocycles. The van der Waals surface area contributed by atoms with Gasteiger partial charge in [0.15, 0.2) is 22.6 Å². The van der Waals surface area contributed by atoms with E-state index in [9.17, 15) is 9.59 Å². The number of anilines is 1. The van der Waals surface area contributed by atoms with Gasteiger partial charge < -0.3 is 14.9 Å². The number of aromatic nitrogens is 8. The lowest BCUT2D eigenvalue weighted by atomic mass is 10.3. The van der Waals surface area contributed by atoms with Gasteiger partial charge in [-0.1, -0.05) is 0 Å². The van der Waals surface area contributed by atoms with Crippen molar-refractivity contribution in [3.8, 4) is 0 Å². The first kappa shape index (κ1) is 15.7. The van der Waals surface area contributed by atoms with Gasteiger partial charge in [0, 0.05) is 27.2 Å². The van der Waals surface area contributed by atoms with Crippen molar-refractivity contribution >= 4 is 28.1 Å². The number of imidazole rings is 2. The van der Waals surface area contributed by atoms with Crippen molar-refractivity contribution in [2.45, 2.75) is 25.9 Å². The Morgan fingerprint density at radius 2 is 1.74 bits per heavy atom. The molecule has 11 heteroatoms. The first-order chi connectivity index (χ1) is 13.4. The number of hydrogen-bond acceptors (Lipinski definition) is 7. The Morgan fingerprint density at radius 1 is 1.00 bits per heavy atom. The molecule has 0 bridgehead atoms. The highest BCUT2D eigenvalue weighted by atomic mass is 16.2. The molecular weight excluding hydrogens is 350 g/mol. The topological polar surface area (TPSA) is 131 Å². The fraction of sp³-hybridized carbons (Fsp3) is 0.375. The van der Waals surface area contributed by atoms with Gasteiger partial charge in [-0.05, 0) is 12.8 Å². The van der Waals surface area contributed by atoms with Crippen LogP contribution < -0.4 is 17.0 Å². The van der Waals surface area contributed by atoms with Gasteiger partial charge in [-0.3, -0.25) is 13.9 Å². The zero-order chi connectivity index (χ0) is 20.0. The summed E-state index contributed by atoms with van der Waals surface area (Å²) in [6, 6.07) is 0. The second kappa shape index (κ2) is 6.34. The smallest absolute Gasteiger partial charge is 0.332 e. The van der Waals surface area contributed by atoms with Crippen molar-refractivity contribution in [2.24, 2.45) is 14.1 Å². The number of aryl methyl sites for hydroxylation is 3. The number of hydrogen-bond donors (Lipinski definition) is 1. The predicted octanol–water partition coefficient (Wildman–Crippen LogP) is -0.364. The van der Waals surface area contributed by atoms with Gasteiger partial charge in [-0.15, -0.1) is 0 Å². The standard InChI is InChI=1S/C16H19N9O2/c1-22-14-11(15(26)23(2)16(22)27)24(9-21-14)5-3-4-6-25-8-20-10-12(17)18-7-19-13(10)25/h7-9H,3-6H2,1-2H3,(H2,17,18,19)/i8D. The van der Waals surface area contributed by atoms with E-state index in [-0.39, 0.29) is 17.7 Å². The van der Waals surface area contributed by atoms with Gasteiger partial charge in [0.2, 0.25) is 0 Å². The Labute approximate surface area is 154 Å². The molecule has 0 saturated heterocycles. The van der Waals surface area contributed by atoms with Crippen LogP contribution in [-0.2, 0) is 27.2 Å². The molecule has 4 rings (SSSR count). The summed E-state index contributed by atoms with van der Waals surface area (Å²) in [6.45, 7) is 1.09. The molecule has 0 aliphatic carbocycles. The van der Waals surface area contributed by atoms with Crippen LogP contribution in [0.2, 0.25) is 0 Å². The first-order valence-electron chi connectivity index (χ1n) is 8.94. The van der Waals surface area contributed by atoms with Gasteiger partial charge in [-0.2, -0.15) is 0 Å². The van der Waals surface area contributed by atoms with E-state index in [2.05, 4.69) is 19.9 Å². The Kier molecular flexibility index (Phi) is 3.69. The first-order valence-corrected chi connectivity index (χ1v) is 8.44. The Balaban J connectivity index is 1.53. The highest BCUT2D eigenvalue weighted by Gasteiger charge is 2.14. The summed E-state index contributed by atoms with van der Waals surface area (Å²) in [7, 11) is 3.05. The molecule has 140 valence electrons. The van der Waals surface area contributed by atoms with Gasteiger partial charge in [0.1, 0.15) is 13.2 Å². The lowest BCUT2D eigenvalue weighted by Gasteiger charge is -2.07. The summed E-state index contributed by atoms with van der Waals surface area (Å²) in [5, 5.41) is 0. The van der Waals surface area contributed by atoms with Gasteiger partial charge in [-0.25, -0.2) is 24.7 Å². The molecule has 0 spiro atoms. The second-order valence-corrected chi connectivity index (χ2v) is 6.32. The summed E-state index contributed by atoms with van der Waals surface area (Å²) in [4.78, 5) is 40.8. The van der Waals surface area contributed by atoms with Crippen molar-refractivity contribution in [3.63, 3.8) is 0 Å². The number of nitrogens with two attached hydrogens (primary N) is 1. The Morgan fingerprint density at radius 3 is 2.52 bits per heavy atom. The monoisotopic (exact) mass is 370 g/mol. The molecule has 0 fully saturated rings. The predicted molar refractivity (Wildman–Crippen MR) is 99.2 cm³/mol. The summed E-state index contributed by atoms with van der Waals surface area (Å²) >= 11 is 0. The summed E-state index contributed by atoms with van der Waals surface area (Å²) < 4.78 is 13.9. The molecule has 2 N–H and O–H groups in total. The third-order valence-electron chi connectivity index (χ3n) is 4.62. The number of unbranched alkanes of at least 4 members (excludes halogenated alkanes) is 1. The number of rotatable bonds is 5. The van der Waals surface area contributed by atoms with Crippen LogP contribution in [0.1, 0.15) is 14.2 Å². The van der Waals surface area contributed by atoms with Crippen LogP contribution in [-0.4, -0.2) is 38.2 Å². The van der Waals surface area contributed by atoms with Crippen molar-refractivity contribution < 1.29 is 1.37 Å². The van der Waals surface area contributed by atoms with Crippen LogP contribution in [0.4, 0.5) is 5.82 Å². The van der Waals surface area contributed by atoms with Gasteiger partial charge in [0.25, 0.3) is 5.56 Å². The van der Waals surface area contributed by atoms with Crippen molar-refractivity contribution in [3.05, 3.63) is 39.8 Å². The maximum Gasteiger partial charge on any atom is 0.332 e. The lowest BCUT2D eigenvalue weighted by molar-refractivity contribution is 0.562. The summed E-state index contributed by atoms with van der Waals surface area (Å²) in [6.07, 6.45) is 4.47. The van der Waals surface area contributed by atoms with E-state index >= 15 is 0 Å². The van der Waals surface area contributed by atoms with E-state index < -0.39 is 5.69 Å². The van der Waals surface area contributed by atoms with Crippen LogP contribution in [0, 0.1) is 0 Å². The van der Waals surface area contributed by atoms with E-state index in [1.54, 1.807) is 22.5 Å². The van der Waals surface area contributed by atoms with Gasteiger partial charge >= 0.3 is 5.69 Å². The fourth-order valence-corrected chi connectivity index (χ4v) is 3.12. The van der Waals surface area contributed by atoms with E-state index in [1.165, 1.54) is 17.9 Å². The maximum absolute atomic E-state index is 12.5. The Hall–Kier alpha value is -3.50. The SMILES string of the molecule is [2H]c1nc2c(N)ncnc2n1CCCCn1cnc2c1c(=O)n(C)c(=O)n2C. The molecule has 0 radical (unpaired) electrons. The van der Waals surface area contributed by atoms with E-state index in [0.717, 1.165) is 17.4 Å². The average Bonchev–Trinajstić information content (AvgIpc) is 3.24. The second-order valence-electron chi connectivity index (χ2n) is 6.32. The highest BCUT2D eigenvalue weighted by Crippen LogP contribution is 2.15. The molecule has 11 nitrogen and oxygen atoms in total. The van der Waals surface area contributed by atoms with Crippen LogP contribution in [0.3, 0.4) is 0 Å². The minimum Gasteiger partial charge on any atom is -0.382 e. The van der Waals surface area contributed by atoms with Crippen molar-refractivity contribution in [1.82, 2.24) is 38.2 Å². The largest absolute Gasteiger partial charge is 0.382 e. The zero-order valence-electron chi connectivity index (χ0n) is 16.0. The molecule has 4 aromatic heterocycles. The molecule has 4 aromatic rings. The Bertz CT molecular complexity index is 1310. The van der Waals surface area contributed by atoms with Crippen LogP contribution in [0.5, 0.6) is 0 Å². The van der Waals surface area contributed by atoms with Crippen molar-refractivity contribution in [2.75, 3.05) is 5.73 Å². The highest BCUT2D eigenvalue weighted by molar-refractivity contribution is 5.81. The van der Waals surface area contributed by atoms with Crippen LogP contribution in [0.25, 0.3) is 22.3 Å². The molecule has 0 aromatic carbocycles. The molecule has 0 saturated carbocycles. The minimum atomic E-state index is -0.404. The minimum absolute atomic E-state index is 0.0825. The molecule has 0 amide bonds. The molecule has 4 heterocycles. The summed E-state index contributed by atoms with van der Waals surface area (Å²) in [5.74, 6) is 0.253. The van der Waals surface area contributed by atoms with Crippen molar-refractivity contribution in [1.29, 1.82) is 0 Å². The molecule has 0 atom stereocenters. The maximum atomic E-state index is 12.5. The molecular formula is C16H19N9O2. The zero-order valence-corrected chi connectivity index (χ0v) is 15.0. The average molecular weight is 370 g/mol. The van der Waals surface area contributed by atoms with E-state index in [0.29, 0.717) is 35.4 Å². The number of nitrogens with zero attached hydrogens (tertiary/aromatic N) is 8. The van der Waals surface area contributed by atoms with E-state index in [4.69, 9.17) is 7.10 Å².